The van der Waals surface area contributed by atoms with Gasteiger partial charge in [0.2, 0.25) is 0 Å². The molecule has 8 heteroatoms. The zero-order valence-corrected chi connectivity index (χ0v) is 15.6. The molecule has 0 atom stereocenters. The van der Waals surface area contributed by atoms with E-state index in [4.69, 9.17) is 0 Å². The Labute approximate surface area is 159 Å². The van der Waals surface area contributed by atoms with Crippen LogP contribution in [0.3, 0.4) is 0 Å². The molecule has 3 rings (SSSR count). The smallest absolute Gasteiger partial charge is 0.416 e. The van der Waals surface area contributed by atoms with E-state index in [2.05, 4.69) is 10.2 Å². The number of nitrogens with zero attached hydrogens (tertiary/aromatic N) is 3. The summed E-state index contributed by atoms with van der Waals surface area (Å²) >= 11 is 1.64. The van der Waals surface area contributed by atoms with E-state index in [9.17, 15) is 18.3 Å². The molecule has 2 aromatic carbocycles. The quantitative estimate of drug-likeness (QED) is 0.624. The summed E-state index contributed by atoms with van der Waals surface area (Å²) in [7, 11) is 0. The highest BCUT2D eigenvalue weighted by Crippen LogP contribution is 2.29. The number of alkyl halides is 3. The first-order valence-corrected chi connectivity index (χ1v) is 9.25. The lowest BCUT2D eigenvalue weighted by molar-refractivity contribution is -0.137. The Balaban J connectivity index is 1.66. The molecule has 0 radical (unpaired) electrons. The van der Waals surface area contributed by atoms with Gasteiger partial charge < -0.3 is 5.11 Å². The molecule has 0 unspecified atom stereocenters. The van der Waals surface area contributed by atoms with Gasteiger partial charge in [0.25, 0.3) is 0 Å². The number of aromatic nitrogens is 3. The fraction of sp³-hybridized carbons (Fsp3) is 0.263. The summed E-state index contributed by atoms with van der Waals surface area (Å²) < 4.78 is 38.0. The van der Waals surface area contributed by atoms with Gasteiger partial charge in [-0.3, -0.25) is 0 Å². The van der Waals surface area contributed by atoms with Crippen molar-refractivity contribution in [2.45, 2.75) is 31.3 Å². The highest BCUT2D eigenvalue weighted by molar-refractivity contribution is 7.99. The van der Waals surface area contributed by atoms with Crippen LogP contribution in [0.2, 0.25) is 0 Å². The summed E-state index contributed by atoms with van der Waals surface area (Å²) in [6, 6.07) is 10.2. The monoisotopic (exact) mass is 393 g/mol. The number of phenols is 1. The molecule has 0 spiro atoms. The van der Waals surface area contributed by atoms with Crippen LogP contribution < -0.4 is 0 Å². The number of aryl methyl sites for hydroxylation is 3. The molecule has 1 heterocycles. The van der Waals surface area contributed by atoms with Crippen molar-refractivity contribution >= 4 is 11.8 Å². The van der Waals surface area contributed by atoms with Gasteiger partial charge in [0.15, 0.2) is 0 Å². The van der Waals surface area contributed by atoms with Crippen molar-refractivity contribution < 1.29 is 18.3 Å². The Morgan fingerprint density at radius 2 is 1.74 bits per heavy atom. The topological polar surface area (TPSA) is 50.9 Å². The van der Waals surface area contributed by atoms with E-state index in [1.807, 2.05) is 26.0 Å². The van der Waals surface area contributed by atoms with E-state index in [0.29, 0.717) is 12.1 Å². The Kier molecular flexibility index (Phi) is 5.46. The standard InChI is InChI=1S/C19H18F3N3OS/c1-12-11-16(7-8-18(12)26)27-10-9-17-13(2)23-25(24-17)15-5-3-14(4-6-15)19(20,21)22/h3-8,11,26H,9-10H2,1-2H3. The number of phenolic OH excluding ortho intramolecular Hbond substituents is 1. The molecule has 0 bridgehead atoms. The van der Waals surface area contributed by atoms with Crippen LogP contribution in [0, 0.1) is 13.8 Å². The third-order valence-corrected chi connectivity index (χ3v) is 5.07. The van der Waals surface area contributed by atoms with Crippen LogP contribution in [-0.4, -0.2) is 25.9 Å². The number of hydrogen-bond acceptors (Lipinski definition) is 4. The largest absolute Gasteiger partial charge is 0.508 e. The summed E-state index contributed by atoms with van der Waals surface area (Å²) in [6.07, 6.45) is -3.68. The SMILES string of the molecule is Cc1cc(SCCc2nn(-c3ccc(C(F)(F)F)cc3)nc2C)ccc1O. The second-order valence-electron chi connectivity index (χ2n) is 6.11. The van der Waals surface area contributed by atoms with Gasteiger partial charge >= 0.3 is 6.18 Å². The summed E-state index contributed by atoms with van der Waals surface area (Å²) in [4.78, 5) is 2.42. The van der Waals surface area contributed by atoms with Crippen LogP contribution in [0.4, 0.5) is 13.2 Å². The average Bonchev–Trinajstić information content (AvgIpc) is 2.98. The summed E-state index contributed by atoms with van der Waals surface area (Å²) in [5, 5.41) is 18.3. The van der Waals surface area contributed by atoms with Gasteiger partial charge in [0.05, 0.1) is 22.6 Å². The highest BCUT2D eigenvalue weighted by Gasteiger charge is 2.30. The number of aromatic hydroxyl groups is 1. The van der Waals surface area contributed by atoms with Crippen molar-refractivity contribution in [2.24, 2.45) is 0 Å². The lowest BCUT2D eigenvalue weighted by Crippen LogP contribution is -2.06. The number of thioether (sulfide) groups is 1. The third-order valence-electron chi connectivity index (χ3n) is 4.08. The first-order valence-electron chi connectivity index (χ1n) is 8.27. The molecular formula is C19H18F3N3OS. The van der Waals surface area contributed by atoms with Gasteiger partial charge in [0, 0.05) is 17.1 Å². The van der Waals surface area contributed by atoms with Gasteiger partial charge in [-0.25, -0.2) is 0 Å². The minimum absolute atomic E-state index is 0.273. The first kappa shape index (κ1) is 19.3. The van der Waals surface area contributed by atoms with E-state index >= 15 is 0 Å². The summed E-state index contributed by atoms with van der Waals surface area (Å²) in [5.74, 6) is 1.05. The fourth-order valence-corrected chi connectivity index (χ4v) is 3.48. The molecule has 0 saturated heterocycles. The van der Waals surface area contributed by atoms with E-state index in [-0.39, 0.29) is 5.75 Å². The zero-order valence-electron chi connectivity index (χ0n) is 14.8. The van der Waals surface area contributed by atoms with E-state index in [0.717, 1.165) is 39.7 Å². The molecule has 0 saturated carbocycles. The van der Waals surface area contributed by atoms with Gasteiger partial charge in [-0.15, -0.1) is 11.8 Å². The van der Waals surface area contributed by atoms with Crippen LogP contribution in [-0.2, 0) is 12.6 Å². The van der Waals surface area contributed by atoms with Crippen molar-refractivity contribution in [2.75, 3.05) is 5.75 Å². The van der Waals surface area contributed by atoms with Crippen molar-refractivity contribution in [3.8, 4) is 11.4 Å². The third kappa shape index (κ3) is 4.63. The molecule has 0 amide bonds. The lowest BCUT2D eigenvalue weighted by Gasteiger charge is -2.06. The van der Waals surface area contributed by atoms with Crippen LogP contribution in [0.15, 0.2) is 47.4 Å². The molecule has 142 valence electrons. The minimum Gasteiger partial charge on any atom is -0.508 e. The predicted octanol–water partition coefficient (Wildman–Crippen LogP) is 4.94. The molecule has 0 aliphatic rings. The van der Waals surface area contributed by atoms with Crippen LogP contribution in [0.25, 0.3) is 5.69 Å². The molecule has 0 aliphatic heterocycles. The van der Waals surface area contributed by atoms with Gasteiger partial charge in [-0.05, 0) is 61.9 Å². The lowest BCUT2D eigenvalue weighted by atomic mass is 10.2. The van der Waals surface area contributed by atoms with Crippen molar-refractivity contribution in [1.29, 1.82) is 0 Å². The van der Waals surface area contributed by atoms with Crippen molar-refractivity contribution in [1.82, 2.24) is 15.0 Å². The van der Waals surface area contributed by atoms with Crippen molar-refractivity contribution in [3.63, 3.8) is 0 Å². The van der Waals surface area contributed by atoms with E-state index < -0.39 is 11.7 Å². The highest BCUT2D eigenvalue weighted by atomic mass is 32.2. The van der Waals surface area contributed by atoms with E-state index in [1.54, 1.807) is 17.8 Å². The predicted molar refractivity (Wildman–Crippen MR) is 98.4 cm³/mol. The molecule has 1 N–H and O–H groups in total. The zero-order chi connectivity index (χ0) is 19.6. The Bertz CT molecular complexity index is 936. The Morgan fingerprint density at radius 3 is 2.37 bits per heavy atom. The number of hydrogen-bond donors (Lipinski definition) is 1. The summed E-state index contributed by atoms with van der Waals surface area (Å²) in [5.41, 5.74) is 2.16. The number of rotatable bonds is 5. The van der Waals surface area contributed by atoms with Crippen molar-refractivity contribution in [3.05, 3.63) is 65.0 Å². The Hall–Kier alpha value is -2.48. The maximum absolute atomic E-state index is 12.7. The maximum atomic E-state index is 12.7. The molecule has 4 nitrogen and oxygen atoms in total. The second kappa shape index (κ2) is 7.64. The van der Waals surface area contributed by atoms with Gasteiger partial charge in [-0.1, -0.05) is 0 Å². The van der Waals surface area contributed by atoms with Gasteiger partial charge in [0.1, 0.15) is 5.75 Å². The molecule has 1 aromatic heterocycles. The Morgan fingerprint density at radius 1 is 1.04 bits per heavy atom. The van der Waals surface area contributed by atoms with E-state index in [1.165, 1.54) is 16.9 Å². The fourth-order valence-electron chi connectivity index (χ4n) is 2.52. The number of benzene rings is 2. The summed E-state index contributed by atoms with van der Waals surface area (Å²) in [6.45, 7) is 3.68. The molecular weight excluding hydrogens is 375 g/mol. The minimum atomic E-state index is -4.36. The van der Waals surface area contributed by atoms with Gasteiger partial charge in [-0.2, -0.15) is 28.2 Å². The van der Waals surface area contributed by atoms with Crippen LogP contribution in [0.1, 0.15) is 22.5 Å². The normalized spacial score (nSPS) is 11.7. The molecule has 27 heavy (non-hydrogen) atoms. The molecule has 0 aliphatic carbocycles. The maximum Gasteiger partial charge on any atom is 0.416 e. The number of halogens is 3. The van der Waals surface area contributed by atoms with Crippen LogP contribution >= 0.6 is 11.8 Å². The molecule has 0 fully saturated rings. The average molecular weight is 393 g/mol. The second-order valence-corrected chi connectivity index (χ2v) is 7.28. The first-order chi connectivity index (χ1) is 12.7. The molecule has 3 aromatic rings. The van der Waals surface area contributed by atoms with Crippen LogP contribution in [0.5, 0.6) is 5.75 Å².